The Morgan fingerprint density at radius 1 is 1.33 bits per heavy atom. The fourth-order valence-electron chi connectivity index (χ4n) is 1.32. The zero-order chi connectivity index (χ0) is 13.1. The molecule has 0 aliphatic rings. The van der Waals surface area contributed by atoms with Gasteiger partial charge in [0.15, 0.2) is 0 Å². The van der Waals surface area contributed by atoms with Gasteiger partial charge >= 0.3 is 5.97 Å². The number of aromatic nitrogens is 1. The Morgan fingerprint density at radius 3 is 2.78 bits per heavy atom. The van der Waals surface area contributed by atoms with Crippen molar-refractivity contribution in [2.45, 2.75) is 0 Å². The molecule has 0 aliphatic carbocycles. The molecule has 0 spiro atoms. The van der Waals surface area contributed by atoms with Crippen molar-refractivity contribution < 1.29 is 14.6 Å². The lowest BCUT2D eigenvalue weighted by Gasteiger charge is -2.09. The molecular weight excluding hydrogens is 368 g/mol. The minimum Gasteiger partial charge on any atom is -0.478 e. The Morgan fingerprint density at radius 2 is 2.11 bits per heavy atom. The van der Waals surface area contributed by atoms with Crippen molar-refractivity contribution in [3.8, 4) is 11.5 Å². The SMILES string of the molecule is O=C(O)c1cc(I)ccc1Oc1ccncc1Cl. The predicted octanol–water partition coefficient (Wildman–Crippen LogP) is 3.83. The molecule has 0 radical (unpaired) electrons. The molecule has 4 nitrogen and oxygen atoms in total. The Kier molecular flexibility index (Phi) is 4.03. The summed E-state index contributed by atoms with van der Waals surface area (Å²) in [6.45, 7) is 0. The molecule has 0 bridgehead atoms. The van der Waals surface area contributed by atoms with E-state index in [2.05, 4.69) is 4.98 Å². The van der Waals surface area contributed by atoms with Crippen LogP contribution in [-0.2, 0) is 0 Å². The van der Waals surface area contributed by atoms with Crippen molar-refractivity contribution in [2.75, 3.05) is 0 Å². The first kappa shape index (κ1) is 13.1. The van der Waals surface area contributed by atoms with E-state index in [-0.39, 0.29) is 11.3 Å². The van der Waals surface area contributed by atoms with Crippen LogP contribution in [0.15, 0.2) is 36.7 Å². The number of carboxylic acid groups (broad SMARTS) is 1. The zero-order valence-corrected chi connectivity index (χ0v) is 11.8. The smallest absolute Gasteiger partial charge is 0.339 e. The number of hydrogen-bond acceptors (Lipinski definition) is 3. The van der Waals surface area contributed by atoms with Gasteiger partial charge in [-0.2, -0.15) is 0 Å². The second kappa shape index (κ2) is 5.53. The van der Waals surface area contributed by atoms with Gasteiger partial charge < -0.3 is 9.84 Å². The molecule has 0 saturated heterocycles. The average Bonchev–Trinajstić information content (AvgIpc) is 2.34. The topological polar surface area (TPSA) is 59.4 Å². The summed E-state index contributed by atoms with van der Waals surface area (Å²) >= 11 is 7.94. The molecule has 0 atom stereocenters. The third kappa shape index (κ3) is 2.91. The molecule has 2 rings (SSSR count). The van der Waals surface area contributed by atoms with Gasteiger partial charge in [0, 0.05) is 22.0 Å². The maximum atomic E-state index is 11.1. The standard InChI is InChI=1S/C12H7ClINO3/c13-9-6-15-4-3-11(9)18-10-2-1-7(14)5-8(10)12(16)17/h1-6H,(H,16,17). The number of hydrogen-bond donors (Lipinski definition) is 1. The monoisotopic (exact) mass is 375 g/mol. The molecule has 0 unspecified atom stereocenters. The first-order valence-corrected chi connectivity index (χ1v) is 6.34. The summed E-state index contributed by atoms with van der Waals surface area (Å²) in [5.41, 5.74) is 0.0924. The van der Waals surface area contributed by atoms with Crippen LogP contribution in [0.1, 0.15) is 10.4 Å². The summed E-state index contributed by atoms with van der Waals surface area (Å²) in [5.74, 6) is -0.430. The predicted molar refractivity (Wildman–Crippen MR) is 75.4 cm³/mol. The van der Waals surface area contributed by atoms with E-state index in [0.29, 0.717) is 10.8 Å². The molecule has 1 N–H and O–H groups in total. The van der Waals surface area contributed by atoms with Crippen LogP contribution in [0.25, 0.3) is 0 Å². The van der Waals surface area contributed by atoms with Gasteiger partial charge in [0.1, 0.15) is 22.1 Å². The van der Waals surface area contributed by atoms with Gasteiger partial charge in [-0.1, -0.05) is 11.6 Å². The number of halogens is 2. The molecule has 6 heteroatoms. The molecule has 92 valence electrons. The highest BCUT2D eigenvalue weighted by Crippen LogP contribution is 2.31. The number of carboxylic acids is 1. The molecule has 2 aromatic rings. The second-order valence-corrected chi connectivity index (χ2v) is 5.01. The molecule has 1 aromatic carbocycles. The van der Waals surface area contributed by atoms with E-state index in [9.17, 15) is 4.79 Å². The van der Waals surface area contributed by atoms with Gasteiger partial charge in [0.2, 0.25) is 0 Å². The number of carbonyl (C=O) groups is 1. The van der Waals surface area contributed by atoms with Gasteiger partial charge in [-0.25, -0.2) is 4.79 Å². The lowest BCUT2D eigenvalue weighted by molar-refractivity contribution is 0.0694. The van der Waals surface area contributed by atoms with Gasteiger partial charge in [0.25, 0.3) is 0 Å². The van der Waals surface area contributed by atoms with Crippen LogP contribution in [0.4, 0.5) is 0 Å². The summed E-state index contributed by atoms with van der Waals surface area (Å²) in [7, 11) is 0. The van der Waals surface area contributed by atoms with Gasteiger partial charge in [-0.05, 0) is 40.8 Å². The van der Waals surface area contributed by atoms with E-state index in [4.69, 9.17) is 21.4 Å². The van der Waals surface area contributed by atoms with Crippen LogP contribution in [0.3, 0.4) is 0 Å². The van der Waals surface area contributed by atoms with E-state index < -0.39 is 5.97 Å². The fourth-order valence-corrected chi connectivity index (χ4v) is 1.97. The number of rotatable bonds is 3. The van der Waals surface area contributed by atoms with Crippen molar-refractivity contribution in [1.29, 1.82) is 0 Å². The first-order chi connectivity index (χ1) is 8.58. The number of benzene rings is 1. The molecule has 0 fully saturated rings. The summed E-state index contributed by atoms with van der Waals surface area (Å²) < 4.78 is 6.32. The normalized spacial score (nSPS) is 10.1. The minimum absolute atomic E-state index is 0.0924. The first-order valence-electron chi connectivity index (χ1n) is 4.88. The van der Waals surface area contributed by atoms with E-state index in [1.54, 1.807) is 18.2 Å². The van der Waals surface area contributed by atoms with Crippen molar-refractivity contribution in [1.82, 2.24) is 4.98 Å². The Hall–Kier alpha value is -1.34. The van der Waals surface area contributed by atoms with Crippen molar-refractivity contribution in [2.24, 2.45) is 0 Å². The summed E-state index contributed by atoms with van der Waals surface area (Å²) in [6.07, 6.45) is 2.96. The average molecular weight is 376 g/mol. The summed E-state index contributed by atoms with van der Waals surface area (Å²) in [6, 6.07) is 6.47. The quantitative estimate of drug-likeness (QED) is 0.828. The Balaban J connectivity index is 2.41. The molecule has 18 heavy (non-hydrogen) atoms. The van der Waals surface area contributed by atoms with E-state index in [1.807, 2.05) is 22.6 Å². The van der Waals surface area contributed by atoms with Crippen LogP contribution in [-0.4, -0.2) is 16.1 Å². The number of ether oxygens (including phenoxy) is 1. The summed E-state index contributed by atoms with van der Waals surface area (Å²) in [4.78, 5) is 14.9. The lowest BCUT2D eigenvalue weighted by Crippen LogP contribution is -2.00. The molecule has 1 heterocycles. The number of pyridine rings is 1. The van der Waals surface area contributed by atoms with Gasteiger partial charge in [-0.15, -0.1) is 0 Å². The summed E-state index contributed by atoms with van der Waals surface area (Å²) in [5, 5.41) is 9.44. The lowest BCUT2D eigenvalue weighted by atomic mass is 10.2. The molecule has 1 aromatic heterocycles. The Bertz CT molecular complexity index is 604. The van der Waals surface area contributed by atoms with Gasteiger partial charge in [0.05, 0.1) is 0 Å². The van der Waals surface area contributed by atoms with Crippen LogP contribution in [0, 0.1) is 3.57 Å². The molecular formula is C12H7ClINO3. The maximum absolute atomic E-state index is 11.1. The van der Waals surface area contributed by atoms with Crippen LogP contribution < -0.4 is 4.74 Å². The third-order valence-corrected chi connectivity index (χ3v) is 3.08. The molecule has 0 amide bonds. The zero-order valence-electron chi connectivity index (χ0n) is 8.93. The molecule has 0 aliphatic heterocycles. The van der Waals surface area contributed by atoms with Crippen molar-refractivity contribution in [3.05, 3.63) is 50.8 Å². The largest absolute Gasteiger partial charge is 0.478 e. The second-order valence-electron chi connectivity index (χ2n) is 3.35. The van der Waals surface area contributed by atoms with E-state index in [0.717, 1.165) is 3.57 Å². The third-order valence-electron chi connectivity index (χ3n) is 2.13. The van der Waals surface area contributed by atoms with Crippen molar-refractivity contribution >= 4 is 40.2 Å². The van der Waals surface area contributed by atoms with Crippen LogP contribution in [0.2, 0.25) is 5.02 Å². The van der Waals surface area contributed by atoms with Crippen LogP contribution in [0.5, 0.6) is 11.5 Å². The van der Waals surface area contributed by atoms with Crippen LogP contribution >= 0.6 is 34.2 Å². The number of nitrogens with zero attached hydrogens (tertiary/aromatic N) is 1. The highest BCUT2D eigenvalue weighted by Gasteiger charge is 2.13. The number of aromatic carboxylic acids is 1. The minimum atomic E-state index is -1.05. The Labute approximate surface area is 122 Å². The molecule has 0 saturated carbocycles. The van der Waals surface area contributed by atoms with E-state index in [1.165, 1.54) is 18.5 Å². The highest BCUT2D eigenvalue weighted by molar-refractivity contribution is 14.1. The highest BCUT2D eigenvalue weighted by atomic mass is 127. The van der Waals surface area contributed by atoms with Crippen molar-refractivity contribution in [3.63, 3.8) is 0 Å². The van der Waals surface area contributed by atoms with Gasteiger partial charge in [-0.3, -0.25) is 4.98 Å². The fraction of sp³-hybridized carbons (Fsp3) is 0. The maximum Gasteiger partial charge on any atom is 0.339 e. The van der Waals surface area contributed by atoms with E-state index >= 15 is 0 Å².